The lowest BCUT2D eigenvalue weighted by atomic mass is 9.88. The molecular weight excluding hydrogens is 198 g/mol. The Kier molecular flexibility index (Phi) is 3.04. The monoisotopic (exact) mass is 219 g/mol. The summed E-state index contributed by atoms with van der Waals surface area (Å²) in [6.45, 7) is 8.19. The number of hydrogen-bond donors (Lipinski definition) is 1. The maximum Gasteiger partial charge on any atom is 0.0649 e. The Labute approximate surface area is 98.0 Å². The highest BCUT2D eigenvalue weighted by atomic mass is 16.5. The normalized spacial score (nSPS) is 28.9. The Hall–Kier alpha value is -0.860. The summed E-state index contributed by atoms with van der Waals surface area (Å²) in [6.07, 6.45) is 1.01. The highest BCUT2D eigenvalue weighted by molar-refractivity contribution is 5.18. The van der Waals surface area contributed by atoms with Crippen LogP contribution in [0.5, 0.6) is 0 Å². The van der Waals surface area contributed by atoms with Crippen molar-refractivity contribution in [2.75, 3.05) is 13.2 Å². The lowest BCUT2D eigenvalue weighted by Gasteiger charge is -2.44. The number of ether oxygens (including phenoxy) is 1. The van der Waals surface area contributed by atoms with E-state index in [0.717, 1.165) is 19.6 Å². The van der Waals surface area contributed by atoms with Gasteiger partial charge in [0.1, 0.15) is 0 Å². The summed E-state index contributed by atoms with van der Waals surface area (Å²) in [6, 6.07) is 10.6. The SMILES string of the molecule is CC1(C)COCC(C)(Cc2ccccc2)N1. The minimum atomic E-state index is 0.0447. The second-order valence-electron chi connectivity index (χ2n) is 5.72. The van der Waals surface area contributed by atoms with Gasteiger partial charge in [0.2, 0.25) is 0 Å². The van der Waals surface area contributed by atoms with Gasteiger partial charge in [0, 0.05) is 11.1 Å². The van der Waals surface area contributed by atoms with E-state index < -0.39 is 0 Å². The molecule has 2 rings (SSSR count). The van der Waals surface area contributed by atoms with Crippen LogP contribution in [-0.4, -0.2) is 24.3 Å². The first kappa shape index (κ1) is 11.6. The second kappa shape index (κ2) is 4.19. The van der Waals surface area contributed by atoms with E-state index in [1.54, 1.807) is 0 Å². The largest absolute Gasteiger partial charge is 0.378 e. The topological polar surface area (TPSA) is 21.3 Å². The number of rotatable bonds is 2. The zero-order valence-corrected chi connectivity index (χ0v) is 10.4. The van der Waals surface area contributed by atoms with Gasteiger partial charge in [-0.25, -0.2) is 0 Å². The van der Waals surface area contributed by atoms with E-state index in [1.807, 2.05) is 0 Å². The number of benzene rings is 1. The van der Waals surface area contributed by atoms with Crippen molar-refractivity contribution in [2.45, 2.75) is 38.3 Å². The van der Waals surface area contributed by atoms with Crippen LogP contribution in [0.1, 0.15) is 26.3 Å². The van der Waals surface area contributed by atoms with Crippen LogP contribution in [0, 0.1) is 0 Å². The molecule has 1 heterocycles. The molecule has 1 unspecified atom stereocenters. The molecule has 0 amide bonds. The van der Waals surface area contributed by atoms with Crippen LogP contribution in [0.15, 0.2) is 30.3 Å². The van der Waals surface area contributed by atoms with Crippen molar-refractivity contribution in [3.05, 3.63) is 35.9 Å². The van der Waals surface area contributed by atoms with E-state index in [9.17, 15) is 0 Å². The smallest absolute Gasteiger partial charge is 0.0649 e. The molecule has 1 N–H and O–H groups in total. The molecule has 0 saturated carbocycles. The Morgan fingerprint density at radius 2 is 1.81 bits per heavy atom. The van der Waals surface area contributed by atoms with Gasteiger partial charge in [-0.1, -0.05) is 30.3 Å². The first-order valence-corrected chi connectivity index (χ1v) is 5.90. The zero-order valence-electron chi connectivity index (χ0n) is 10.4. The molecule has 1 aliphatic rings. The Morgan fingerprint density at radius 1 is 1.12 bits per heavy atom. The lowest BCUT2D eigenvalue weighted by Crippen LogP contribution is -2.63. The Morgan fingerprint density at radius 3 is 2.44 bits per heavy atom. The maximum absolute atomic E-state index is 5.71. The third-order valence-electron chi connectivity index (χ3n) is 2.96. The van der Waals surface area contributed by atoms with Gasteiger partial charge in [-0.05, 0) is 32.8 Å². The van der Waals surface area contributed by atoms with Crippen LogP contribution in [0.3, 0.4) is 0 Å². The van der Waals surface area contributed by atoms with Crippen LogP contribution in [0.4, 0.5) is 0 Å². The Balaban J connectivity index is 2.08. The van der Waals surface area contributed by atoms with E-state index in [-0.39, 0.29) is 11.1 Å². The molecular formula is C14H21NO. The molecule has 1 atom stereocenters. The average Bonchev–Trinajstić information content (AvgIpc) is 2.16. The van der Waals surface area contributed by atoms with E-state index in [1.165, 1.54) is 5.56 Å². The van der Waals surface area contributed by atoms with Crippen molar-refractivity contribution in [3.8, 4) is 0 Å². The molecule has 2 heteroatoms. The van der Waals surface area contributed by atoms with Crippen LogP contribution >= 0.6 is 0 Å². The Bertz CT molecular complexity index is 347. The summed E-state index contributed by atoms with van der Waals surface area (Å²) in [7, 11) is 0. The van der Waals surface area contributed by atoms with E-state index in [4.69, 9.17) is 4.74 Å². The molecule has 2 nitrogen and oxygen atoms in total. The van der Waals surface area contributed by atoms with Gasteiger partial charge in [0.05, 0.1) is 13.2 Å². The predicted molar refractivity (Wildman–Crippen MR) is 66.6 cm³/mol. The van der Waals surface area contributed by atoms with Gasteiger partial charge >= 0.3 is 0 Å². The van der Waals surface area contributed by atoms with Gasteiger partial charge in [-0.3, -0.25) is 0 Å². The fourth-order valence-corrected chi connectivity index (χ4v) is 2.56. The molecule has 0 spiro atoms. The summed E-state index contributed by atoms with van der Waals surface area (Å²) in [5.74, 6) is 0. The predicted octanol–water partition coefficient (Wildman–Crippen LogP) is 2.39. The summed E-state index contributed by atoms with van der Waals surface area (Å²) < 4.78 is 5.71. The first-order chi connectivity index (χ1) is 7.49. The number of hydrogen-bond acceptors (Lipinski definition) is 2. The van der Waals surface area contributed by atoms with Crippen molar-refractivity contribution in [1.29, 1.82) is 0 Å². The molecule has 0 bridgehead atoms. The van der Waals surface area contributed by atoms with Gasteiger partial charge in [0.25, 0.3) is 0 Å². The summed E-state index contributed by atoms with van der Waals surface area (Å²) >= 11 is 0. The fourth-order valence-electron chi connectivity index (χ4n) is 2.56. The van der Waals surface area contributed by atoms with E-state index in [0.29, 0.717) is 0 Å². The summed E-state index contributed by atoms with van der Waals surface area (Å²) in [5.41, 5.74) is 1.48. The van der Waals surface area contributed by atoms with Gasteiger partial charge in [0.15, 0.2) is 0 Å². The van der Waals surface area contributed by atoms with E-state index >= 15 is 0 Å². The van der Waals surface area contributed by atoms with Crippen molar-refractivity contribution in [3.63, 3.8) is 0 Å². The zero-order chi connectivity index (χ0) is 11.6. The quantitative estimate of drug-likeness (QED) is 0.824. The number of nitrogens with one attached hydrogen (secondary N) is 1. The molecule has 1 saturated heterocycles. The van der Waals surface area contributed by atoms with Crippen molar-refractivity contribution >= 4 is 0 Å². The molecule has 1 aromatic carbocycles. The highest BCUT2D eigenvalue weighted by Gasteiger charge is 2.36. The molecule has 0 aliphatic carbocycles. The highest BCUT2D eigenvalue weighted by Crippen LogP contribution is 2.22. The standard InChI is InChI=1S/C14H21NO/c1-13(2)10-16-11-14(3,15-13)9-12-7-5-4-6-8-12/h4-8,15H,9-11H2,1-3H3. The molecule has 16 heavy (non-hydrogen) atoms. The molecule has 88 valence electrons. The molecule has 0 aromatic heterocycles. The second-order valence-corrected chi connectivity index (χ2v) is 5.72. The molecule has 1 aliphatic heterocycles. The third-order valence-corrected chi connectivity index (χ3v) is 2.96. The summed E-state index contributed by atoms with van der Waals surface area (Å²) in [5, 5.41) is 3.69. The summed E-state index contributed by atoms with van der Waals surface area (Å²) in [4.78, 5) is 0. The minimum Gasteiger partial charge on any atom is -0.378 e. The van der Waals surface area contributed by atoms with E-state index in [2.05, 4.69) is 56.4 Å². The van der Waals surface area contributed by atoms with Crippen LogP contribution in [0.25, 0.3) is 0 Å². The van der Waals surface area contributed by atoms with Crippen LogP contribution < -0.4 is 5.32 Å². The maximum atomic E-state index is 5.71. The number of morpholine rings is 1. The van der Waals surface area contributed by atoms with Crippen molar-refractivity contribution < 1.29 is 4.74 Å². The molecule has 1 fully saturated rings. The van der Waals surface area contributed by atoms with Gasteiger partial charge < -0.3 is 10.1 Å². The molecule has 0 radical (unpaired) electrons. The third kappa shape index (κ3) is 2.83. The fraction of sp³-hybridized carbons (Fsp3) is 0.571. The molecule has 1 aromatic rings. The average molecular weight is 219 g/mol. The van der Waals surface area contributed by atoms with Gasteiger partial charge in [-0.2, -0.15) is 0 Å². The van der Waals surface area contributed by atoms with Crippen molar-refractivity contribution in [2.24, 2.45) is 0 Å². The minimum absolute atomic E-state index is 0.0447. The van der Waals surface area contributed by atoms with Crippen molar-refractivity contribution in [1.82, 2.24) is 5.32 Å². The van der Waals surface area contributed by atoms with Gasteiger partial charge in [-0.15, -0.1) is 0 Å². The first-order valence-electron chi connectivity index (χ1n) is 5.90. The van der Waals surface area contributed by atoms with Crippen LogP contribution in [-0.2, 0) is 11.2 Å². The lowest BCUT2D eigenvalue weighted by molar-refractivity contribution is -0.0240. The van der Waals surface area contributed by atoms with Crippen LogP contribution in [0.2, 0.25) is 0 Å².